The average Bonchev–Trinajstić information content (AvgIpc) is 2.14. The van der Waals surface area contributed by atoms with E-state index in [4.69, 9.17) is 4.74 Å². The topological polar surface area (TPSA) is 44.8 Å². The zero-order valence-corrected chi connectivity index (χ0v) is 11.6. The lowest BCUT2D eigenvalue weighted by molar-refractivity contribution is 0.00944. The molecular weight excluding hydrogens is 218 g/mol. The third-order valence-electron chi connectivity index (χ3n) is 2.55. The van der Waals surface area contributed by atoms with E-state index < -0.39 is 5.60 Å². The minimum absolute atomic E-state index is 0.189. The molecular formula is C12H25N3O2. The van der Waals surface area contributed by atoms with Crippen LogP contribution in [0.1, 0.15) is 20.8 Å². The van der Waals surface area contributed by atoms with Gasteiger partial charge in [-0.3, -0.25) is 0 Å². The van der Waals surface area contributed by atoms with Gasteiger partial charge in [0.25, 0.3) is 0 Å². The van der Waals surface area contributed by atoms with Gasteiger partial charge in [0.05, 0.1) is 6.04 Å². The maximum atomic E-state index is 12.1. The number of carbonyl (C=O) groups excluding carboxylic acids is 1. The van der Waals surface area contributed by atoms with Crippen LogP contribution in [0, 0.1) is 0 Å². The molecule has 1 amide bonds. The number of carbonyl (C=O) groups is 1. The molecule has 0 radical (unpaired) electrons. The molecule has 1 rings (SSSR count). The van der Waals surface area contributed by atoms with Crippen LogP contribution in [0.25, 0.3) is 0 Å². The van der Waals surface area contributed by atoms with Crippen LogP contribution in [0.4, 0.5) is 4.79 Å². The third-order valence-corrected chi connectivity index (χ3v) is 2.55. The van der Waals surface area contributed by atoms with Crippen LogP contribution in [0.2, 0.25) is 0 Å². The summed E-state index contributed by atoms with van der Waals surface area (Å²) in [5.74, 6) is 0. The van der Waals surface area contributed by atoms with Gasteiger partial charge in [0, 0.05) is 26.2 Å². The van der Waals surface area contributed by atoms with Crippen LogP contribution in [0.3, 0.4) is 0 Å². The van der Waals surface area contributed by atoms with E-state index in [1.54, 1.807) is 0 Å². The minimum atomic E-state index is -0.426. The lowest BCUT2D eigenvalue weighted by Gasteiger charge is -2.38. The van der Waals surface area contributed by atoms with Gasteiger partial charge in [-0.05, 0) is 34.9 Å². The summed E-state index contributed by atoms with van der Waals surface area (Å²) < 4.78 is 5.43. The van der Waals surface area contributed by atoms with E-state index in [0.29, 0.717) is 6.54 Å². The highest BCUT2D eigenvalue weighted by molar-refractivity contribution is 5.68. The molecule has 1 N–H and O–H groups in total. The highest BCUT2D eigenvalue weighted by Gasteiger charge is 2.30. The molecule has 1 aliphatic rings. The molecule has 17 heavy (non-hydrogen) atoms. The van der Waals surface area contributed by atoms with Gasteiger partial charge < -0.3 is 19.9 Å². The van der Waals surface area contributed by atoms with Gasteiger partial charge in [0.1, 0.15) is 5.60 Å². The summed E-state index contributed by atoms with van der Waals surface area (Å²) in [5, 5.41) is 3.31. The molecule has 1 atom stereocenters. The number of amides is 1. The maximum absolute atomic E-state index is 12.1. The fraction of sp³-hybridized carbons (Fsp3) is 0.917. The van der Waals surface area contributed by atoms with Gasteiger partial charge in [0.2, 0.25) is 0 Å². The first-order valence-electron chi connectivity index (χ1n) is 6.14. The Labute approximate surface area is 104 Å². The second kappa shape index (κ2) is 5.69. The molecule has 0 aromatic rings. The Morgan fingerprint density at radius 2 is 2.12 bits per heavy atom. The summed E-state index contributed by atoms with van der Waals surface area (Å²) in [4.78, 5) is 16.0. The predicted octanol–water partition coefficient (Wildman–Crippen LogP) is 0.757. The van der Waals surface area contributed by atoms with E-state index in [-0.39, 0.29) is 12.1 Å². The van der Waals surface area contributed by atoms with Gasteiger partial charge >= 0.3 is 6.09 Å². The quantitative estimate of drug-likeness (QED) is 0.777. The molecule has 5 nitrogen and oxygen atoms in total. The van der Waals surface area contributed by atoms with Gasteiger partial charge in [-0.15, -0.1) is 0 Å². The summed E-state index contributed by atoms with van der Waals surface area (Å²) in [7, 11) is 4.03. The lowest BCUT2D eigenvalue weighted by atomic mass is 10.2. The SMILES string of the molecule is CN(C)C[C@@H]1CNCCN1C(=O)OC(C)(C)C. The van der Waals surface area contributed by atoms with Crippen molar-refractivity contribution in [1.82, 2.24) is 15.1 Å². The Hall–Kier alpha value is -0.810. The Morgan fingerprint density at radius 3 is 2.65 bits per heavy atom. The van der Waals surface area contributed by atoms with E-state index in [1.165, 1.54) is 0 Å². The summed E-state index contributed by atoms with van der Waals surface area (Å²) in [6, 6.07) is 0.189. The number of piperazine rings is 1. The largest absolute Gasteiger partial charge is 0.444 e. The molecule has 1 fully saturated rings. The van der Waals surface area contributed by atoms with Crippen molar-refractivity contribution in [3.05, 3.63) is 0 Å². The Morgan fingerprint density at radius 1 is 1.47 bits per heavy atom. The molecule has 0 aliphatic carbocycles. The minimum Gasteiger partial charge on any atom is -0.444 e. The van der Waals surface area contributed by atoms with Gasteiger partial charge in [0.15, 0.2) is 0 Å². The first kappa shape index (κ1) is 14.3. The van der Waals surface area contributed by atoms with Crippen molar-refractivity contribution in [2.24, 2.45) is 0 Å². The van der Waals surface area contributed by atoms with E-state index in [0.717, 1.165) is 19.6 Å². The van der Waals surface area contributed by atoms with Crippen LogP contribution in [-0.4, -0.2) is 67.8 Å². The monoisotopic (exact) mass is 243 g/mol. The molecule has 0 saturated carbocycles. The lowest BCUT2D eigenvalue weighted by Crippen LogP contribution is -2.57. The smallest absolute Gasteiger partial charge is 0.410 e. The number of likely N-dealkylation sites (N-methyl/N-ethyl adjacent to an activating group) is 1. The fourth-order valence-electron chi connectivity index (χ4n) is 1.91. The zero-order chi connectivity index (χ0) is 13.1. The van der Waals surface area contributed by atoms with Crippen LogP contribution in [-0.2, 0) is 4.74 Å². The van der Waals surface area contributed by atoms with Gasteiger partial charge in [-0.2, -0.15) is 0 Å². The zero-order valence-electron chi connectivity index (χ0n) is 11.6. The van der Waals surface area contributed by atoms with E-state index >= 15 is 0 Å². The van der Waals surface area contributed by atoms with E-state index in [9.17, 15) is 4.79 Å². The summed E-state index contributed by atoms with van der Waals surface area (Å²) >= 11 is 0. The average molecular weight is 243 g/mol. The Kier molecular flexibility index (Phi) is 4.77. The van der Waals surface area contributed by atoms with Crippen LogP contribution < -0.4 is 5.32 Å². The van der Waals surface area contributed by atoms with Crippen molar-refractivity contribution in [2.75, 3.05) is 40.3 Å². The highest BCUT2D eigenvalue weighted by Crippen LogP contribution is 2.13. The van der Waals surface area contributed by atoms with E-state index in [2.05, 4.69) is 10.2 Å². The van der Waals surface area contributed by atoms with Crippen molar-refractivity contribution in [3.63, 3.8) is 0 Å². The third kappa shape index (κ3) is 4.91. The molecule has 0 unspecified atom stereocenters. The van der Waals surface area contributed by atoms with Crippen molar-refractivity contribution in [3.8, 4) is 0 Å². The predicted molar refractivity (Wildman–Crippen MR) is 68.2 cm³/mol. The van der Waals surface area contributed by atoms with Gasteiger partial charge in [-0.25, -0.2) is 4.79 Å². The first-order chi connectivity index (χ1) is 7.79. The van der Waals surface area contributed by atoms with Crippen molar-refractivity contribution >= 4 is 6.09 Å². The molecule has 0 aromatic carbocycles. The molecule has 1 heterocycles. The molecule has 0 bridgehead atoms. The molecule has 1 aliphatic heterocycles. The van der Waals surface area contributed by atoms with Crippen LogP contribution in [0.5, 0.6) is 0 Å². The van der Waals surface area contributed by atoms with Crippen molar-refractivity contribution < 1.29 is 9.53 Å². The number of rotatable bonds is 2. The van der Waals surface area contributed by atoms with Crippen LogP contribution >= 0.6 is 0 Å². The number of ether oxygens (including phenoxy) is 1. The Bertz CT molecular complexity index is 261. The molecule has 0 spiro atoms. The first-order valence-corrected chi connectivity index (χ1v) is 6.14. The summed E-state index contributed by atoms with van der Waals surface area (Å²) in [6.45, 7) is 8.93. The molecule has 0 aromatic heterocycles. The maximum Gasteiger partial charge on any atom is 0.410 e. The second-order valence-corrected chi connectivity index (χ2v) is 5.79. The summed E-state index contributed by atoms with van der Waals surface area (Å²) in [6.07, 6.45) is -0.203. The standard InChI is InChI=1S/C12H25N3O2/c1-12(2,3)17-11(16)15-7-6-13-8-10(15)9-14(4)5/h10,13H,6-9H2,1-5H3/t10-/m0/s1. The normalized spacial score (nSPS) is 21.8. The number of hydrogen-bond donors (Lipinski definition) is 1. The molecule has 1 saturated heterocycles. The number of nitrogens with one attached hydrogen (secondary N) is 1. The Balaban J connectivity index is 2.61. The molecule has 100 valence electrons. The molecule has 5 heteroatoms. The van der Waals surface area contributed by atoms with Crippen molar-refractivity contribution in [2.45, 2.75) is 32.4 Å². The second-order valence-electron chi connectivity index (χ2n) is 5.79. The van der Waals surface area contributed by atoms with E-state index in [1.807, 2.05) is 39.8 Å². The number of hydrogen-bond acceptors (Lipinski definition) is 4. The fourth-order valence-corrected chi connectivity index (χ4v) is 1.91. The van der Waals surface area contributed by atoms with Crippen LogP contribution in [0.15, 0.2) is 0 Å². The van der Waals surface area contributed by atoms with Crippen molar-refractivity contribution in [1.29, 1.82) is 0 Å². The number of nitrogens with zero attached hydrogens (tertiary/aromatic N) is 2. The summed E-state index contributed by atoms with van der Waals surface area (Å²) in [5.41, 5.74) is -0.426. The van der Waals surface area contributed by atoms with Gasteiger partial charge in [-0.1, -0.05) is 0 Å². The highest BCUT2D eigenvalue weighted by atomic mass is 16.6.